The third-order valence-electron chi connectivity index (χ3n) is 2.52. The van der Waals surface area contributed by atoms with Crippen molar-refractivity contribution in [2.24, 2.45) is 5.90 Å². The number of rotatable bonds is 3. The fraction of sp³-hybridized carbons (Fsp3) is 0.455. The van der Waals surface area contributed by atoms with Crippen LogP contribution in [-0.2, 0) is 4.84 Å². The van der Waals surface area contributed by atoms with Gasteiger partial charge in [-0.2, -0.15) is 0 Å². The van der Waals surface area contributed by atoms with Crippen LogP contribution in [0.25, 0.3) is 0 Å². The highest BCUT2D eigenvalue weighted by molar-refractivity contribution is 5.54. The largest absolute Gasteiger partial charge is 0.493 e. The van der Waals surface area contributed by atoms with E-state index >= 15 is 0 Å². The number of ether oxygens (including phenoxy) is 3. The van der Waals surface area contributed by atoms with Gasteiger partial charge in [-0.25, -0.2) is 5.90 Å². The molecule has 1 aromatic carbocycles. The fourth-order valence-electron chi connectivity index (χ4n) is 1.61. The minimum Gasteiger partial charge on any atom is -0.493 e. The molecule has 0 radical (unpaired) electrons. The van der Waals surface area contributed by atoms with Crippen LogP contribution in [0.15, 0.2) is 12.1 Å². The first-order valence-electron chi connectivity index (χ1n) is 5.09. The van der Waals surface area contributed by atoms with Crippen LogP contribution in [0.2, 0.25) is 0 Å². The van der Waals surface area contributed by atoms with E-state index in [0.29, 0.717) is 30.5 Å². The zero-order chi connectivity index (χ0) is 11.5. The standard InChI is InChI=1S/C11H15NO4/c1-7(16-12)8-5-9(13-2)11-10(6-8)14-3-4-15-11/h5-7H,3-4,12H2,1-2H3. The number of nitrogens with two attached hydrogens (primary N) is 1. The fourth-order valence-corrected chi connectivity index (χ4v) is 1.61. The van der Waals surface area contributed by atoms with Crippen LogP contribution in [0, 0.1) is 0 Å². The summed E-state index contributed by atoms with van der Waals surface area (Å²) in [5.74, 6) is 7.11. The maximum Gasteiger partial charge on any atom is 0.203 e. The third-order valence-corrected chi connectivity index (χ3v) is 2.52. The second-order valence-corrected chi connectivity index (χ2v) is 3.53. The molecule has 0 saturated carbocycles. The summed E-state index contributed by atoms with van der Waals surface area (Å²) in [5, 5.41) is 0. The lowest BCUT2D eigenvalue weighted by Gasteiger charge is -2.22. The Bertz CT molecular complexity index is 363. The molecular formula is C11H15NO4. The van der Waals surface area contributed by atoms with Crippen LogP contribution in [-0.4, -0.2) is 20.3 Å². The summed E-state index contributed by atoms with van der Waals surface area (Å²) in [6.45, 7) is 2.92. The van der Waals surface area contributed by atoms with Crippen molar-refractivity contribution < 1.29 is 19.0 Å². The monoisotopic (exact) mass is 225 g/mol. The highest BCUT2D eigenvalue weighted by Crippen LogP contribution is 2.41. The van der Waals surface area contributed by atoms with Crippen LogP contribution >= 0.6 is 0 Å². The lowest BCUT2D eigenvalue weighted by molar-refractivity contribution is 0.0656. The smallest absolute Gasteiger partial charge is 0.203 e. The van der Waals surface area contributed by atoms with E-state index in [9.17, 15) is 0 Å². The van der Waals surface area contributed by atoms with Gasteiger partial charge in [0.15, 0.2) is 11.5 Å². The molecule has 16 heavy (non-hydrogen) atoms. The van der Waals surface area contributed by atoms with Gasteiger partial charge in [-0.1, -0.05) is 0 Å². The molecule has 0 saturated heterocycles. The summed E-state index contributed by atoms with van der Waals surface area (Å²) in [6, 6.07) is 3.69. The summed E-state index contributed by atoms with van der Waals surface area (Å²) in [5.41, 5.74) is 0.892. The summed E-state index contributed by atoms with van der Waals surface area (Å²) < 4.78 is 16.2. The Morgan fingerprint density at radius 1 is 1.31 bits per heavy atom. The van der Waals surface area contributed by atoms with Crippen LogP contribution in [0.1, 0.15) is 18.6 Å². The van der Waals surface area contributed by atoms with Gasteiger partial charge in [0.1, 0.15) is 19.3 Å². The summed E-state index contributed by atoms with van der Waals surface area (Å²) >= 11 is 0. The third kappa shape index (κ3) is 1.91. The lowest BCUT2D eigenvalue weighted by atomic mass is 10.1. The molecule has 2 N–H and O–H groups in total. The Labute approximate surface area is 94.0 Å². The molecular weight excluding hydrogens is 210 g/mol. The molecule has 0 fully saturated rings. The van der Waals surface area contributed by atoms with Gasteiger partial charge in [0, 0.05) is 0 Å². The second-order valence-electron chi connectivity index (χ2n) is 3.53. The van der Waals surface area contributed by atoms with E-state index < -0.39 is 0 Å². The lowest BCUT2D eigenvalue weighted by Crippen LogP contribution is -2.17. The first kappa shape index (κ1) is 11.0. The summed E-state index contributed by atoms with van der Waals surface area (Å²) in [4.78, 5) is 4.77. The molecule has 1 aliphatic rings. The quantitative estimate of drug-likeness (QED) is 0.788. The normalized spacial score (nSPS) is 15.7. The first-order valence-corrected chi connectivity index (χ1v) is 5.09. The molecule has 0 bridgehead atoms. The minimum atomic E-state index is -0.218. The summed E-state index contributed by atoms with van der Waals surface area (Å²) in [6.07, 6.45) is -0.218. The van der Waals surface area contributed by atoms with Crippen molar-refractivity contribution in [3.05, 3.63) is 17.7 Å². The molecule has 0 spiro atoms. The van der Waals surface area contributed by atoms with Crippen molar-refractivity contribution >= 4 is 0 Å². The van der Waals surface area contributed by atoms with E-state index in [4.69, 9.17) is 24.9 Å². The van der Waals surface area contributed by atoms with Crippen molar-refractivity contribution in [3.63, 3.8) is 0 Å². The Kier molecular flexibility index (Phi) is 3.17. The van der Waals surface area contributed by atoms with Crippen molar-refractivity contribution in [1.82, 2.24) is 0 Å². The van der Waals surface area contributed by atoms with E-state index in [2.05, 4.69) is 0 Å². The van der Waals surface area contributed by atoms with E-state index in [1.54, 1.807) is 7.11 Å². The van der Waals surface area contributed by atoms with E-state index in [1.165, 1.54) is 0 Å². The molecule has 0 amide bonds. The average molecular weight is 225 g/mol. The average Bonchev–Trinajstić information content (AvgIpc) is 2.36. The highest BCUT2D eigenvalue weighted by Gasteiger charge is 2.20. The van der Waals surface area contributed by atoms with Gasteiger partial charge in [-0.05, 0) is 24.6 Å². The van der Waals surface area contributed by atoms with Crippen molar-refractivity contribution in [2.45, 2.75) is 13.0 Å². The van der Waals surface area contributed by atoms with E-state index in [1.807, 2.05) is 19.1 Å². The van der Waals surface area contributed by atoms with Crippen LogP contribution in [0.3, 0.4) is 0 Å². The van der Waals surface area contributed by atoms with Gasteiger partial charge in [-0.15, -0.1) is 0 Å². The molecule has 88 valence electrons. The predicted octanol–water partition coefficient (Wildman–Crippen LogP) is 1.42. The predicted molar refractivity (Wildman–Crippen MR) is 57.7 cm³/mol. The van der Waals surface area contributed by atoms with Crippen LogP contribution in [0.4, 0.5) is 0 Å². The van der Waals surface area contributed by atoms with Gasteiger partial charge in [0.25, 0.3) is 0 Å². The molecule has 0 aromatic heterocycles. The minimum absolute atomic E-state index is 0.218. The SMILES string of the molecule is COc1cc(C(C)ON)cc2c1OCCO2. The maximum atomic E-state index is 5.50. The van der Waals surface area contributed by atoms with Gasteiger partial charge < -0.3 is 14.2 Å². The Hall–Kier alpha value is -1.46. The van der Waals surface area contributed by atoms with Crippen LogP contribution < -0.4 is 20.1 Å². The Balaban J connectivity index is 2.43. The molecule has 2 rings (SSSR count). The van der Waals surface area contributed by atoms with Crippen LogP contribution in [0.5, 0.6) is 17.2 Å². The Morgan fingerprint density at radius 3 is 2.75 bits per heavy atom. The Morgan fingerprint density at radius 2 is 2.06 bits per heavy atom. The number of methoxy groups -OCH3 is 1. The van der Waals surface area contributed by atoms with Crippen molar-refractivity contribution in [3.8, 4) is 17.2 Å². The van der Waals surface area contributed by atoms with Crippen molar-refractivity contribution in [2.75, 3.05) is 20.3 Å². The van der Waals surface area contributed by atoms with Crippen molar-refractivity contribution in [1.29, 1.82) is 0 Å². The van der Waals surface area contributed by atoms with Gasteiger partial charge in [0.05, 0.1) is 7.11 Å². The number of benzene rings is 1. The topological polar surface area (TPSA) is 62.9 Å². The molecule has 5 heteroatoms. The molecule has 1 aliphatic heterocycles. The van der Waals surface area contributed by atoms with Gasteiger partial charge >= 0.3 is 0 Å². The molecule has 1 aromatic rings. The van der Waals surface area contributed by atoms with Gasteiger partial charge in [0.2, 0.25) is 5.75 Å². The zero-order valence-electron chi connectivity index (χ0n) is 9.36. The van der Waals surface area contributed by atoms with Gasteiger partial charge in [-0.3, -0.25) is 4.84 Å². The molecule has 1 atom stereocenters. The highest BCUT2D eigenvalue weighted by atomic mass is 16.6. The molecule has 1 heterocycles. The second kappa shape index (κ2) is 4.59. The molecule has 0 aliphatic carbocycles. The molecule has 1 unspecified atom stereocenters. The number of hydrogen-bond acceptors (Lipinski definition) is 5. The zero-order valence-corrected chi connectivity index (χ0v) is 9.36. The van der Waals surface area contributed by atoms with E-state index in [0.717, 1.165) is 5.56 Å². The number of hydrogen-bond donors (Lipinski definition) is 1. The maximum absolute atomic E-state index is 5.50. The molecule has 5 nitrogen and oxygen atoms in total. The summed E-state index contributed by atoms with van der Waals surface area (Å²) in [7, 11) is 1.59. The van der Waals surface area contributed by atoms with E-state index in [-0.39, 0.29) is 6.10 Å². The first-order chi connectivity index (χ1) is 7.76. The number of fused-ring (bicyclic) bond motifs is 1.